The van der Waals surface area contributed by atoms with Crippen molar-refractivity contribution in [2.45, 2.75) is 13.5 Å². The van der Waals surface area contributed by atoms with Gasteiger partial charge in [0.2, 0.25) is 5.91 Å². The van der Waals surface area contributed by atoms with Gasteiger partial charge in [0.05, 0.1) is 13.2 Å². The van der Waals surface area contributed by atoms with Gasteiger partial charge in [-0.15, -0.1) is 0 Å². The summed E-state index contributed by atoms with van der Waals surface area (Å²) in [4.78, 5) is 52.2. The Balaban J connectivity index is 1.69. The number of para-hydroxylation sites is 1. The quantitative estimate of drug-likeness (QED) is 0.598. The Kier molecular flexibility index (Phi) is 5.37. The van der Waals surface area contributed by atoms with Crippen LogP contribution >= 0.6 is 0 Å². The summed E-state index contributed by atoms with van der Waals surface area (Å²) in [5.41, 5.74) is 1.33. The highest BCUT2D eigenvalue weighted by Gasteiger charge is 2.34. The lowest BCUT2D eigenvalue weighted by Crippen LogP contribution is -2.53. The van der Waals surface area contributed by atoms with Crippen molar-refractivity contribution in [1.29, 1.82) is 0 Å². The fourth-order valence-electron chi connectivity index (χ4n) is 3.72. The summed E-state index contributed by atoms with van der Waals surface area (Å²) < 4.78 is 7.11. The van der Waals surface area contributed by atoms with Crippen molar-refractivity contribution >= 4 is 40.7 Å². The van der Waals surface area contributed by atoms with Gasteiger partial charge in [0, 0.05) is 42.3 Å². The molecule has 0 saturated carbocycles. The summed E-state index contributed by atoms with van der Waals surface area (Å²) in [5, 5.41) is 3.00. The molecule has 2 aliphatic heterocycles. The molecule has 9 nitrogen and oxygen atoms in total. The number of carbonyl (C=O) groups excluding carboxylic acids is 4. The third-order valence-corrected chi connectivity index (χ3v) is 5.29. The Labute approximate surface area is 172 Å². The van der Waals surface area contributed by atoms with Crippen LogP contribution in [0.25, 0.3) is 17.0 Å². The van der Waals surface area contributed by atoms with Gasteiger partial charge in [-0.25, -0.2) is 4.79 Å². The predicted molar refractivity (Wildman–Crippen MR) is 108 cm³/mol. The molecule has 0 radical (unpaired) electrons. The topological polar surface area (TPSA) is 101 Å². The summed E-state index contributed by atoms with van der Waals surface area (Å²) in [6.45, 7) is 4.14. The number of morpholine rings is 1. The predicted octanol–water partition coefficient (Wildman–Crippen LogP) is 0.982. The van der Waals surface area contributed by atoms with Crippen LogP contribution < -0.4 is 5.32 Å². The second kappa shape index (κ2) is 8.11. The number of imide groups is 2. The highest BCUT2D eigenvalue weighted by atomic mass is 16.5. The minimum atomic E-state index is -0.726. The highest BCUT2D eigenvalue weighted by molar-refractivity contribution is 6.31. The van der Waals surface area contributed by atoms with Crippen molar-refractivity contribution in [3.05, 3.63) is 41.6 Å². The van der Waals surface area contributed by atoms with Gasteiger partial charge in [-0.1, -0.05) is 18.2 Å². The third-order valence-electron chi connectivity index (χ3n) is 5.29. The van der Waals surface area contributed by atoms with Crippen LogP contribution in [0.2, 0.25) is 0 Å². The normalized spacial score (nSPS) is 19.0. The lowest BCUT2D eigenvalue weighted by molar-refractivity contribution is -0.136. The van der Waals surface area contributed by atoms with E-state index in [-0.39, 0.29) is 24.6 Å². The largest absolute Gasteiger partial charge is 0.378 e. The molecule has 1 N–H and O–H groups in total. The number of aromatic nitrogens is 1. The fourth-order valence-corrected chi connectivity index (χ4v) is 3.72. The number of fused-ring (bicyclic) bond motifs is 1. The smallest absolute Gasteiger partial charge is 0.331 e. The number of nitrogens with one attached hydrogen (secondary N) is 1. The van der Waals surface area contributed by atoms with E-state index >= 15 is 0 Å². The molecule has 2 saturated heterocycles. The molecule has 0 bridgehead atoms. The molecule has 0 atom stereocenters. The summed E-state index contributed by atoms with van der Waals surface area (Å²) >= 11 is 0. The van der Waals surface area contributed by atoms with Crippen molar-refractivity contribution < 1.29 is 23.9 Å². The summed E-state index contributed by atoms with van der Waals surface area (Å²) in [7, 11) is 0. The molecule has 9 heteroatoms. The molecular formula is C21H22N4O5. The number of amides is 5. The minimum absolute atomic E-state index is 0.0208. The molecule has 30 heavy (non-hydrogen) atoms. The number of barbiturate groups is 1. The van der Waals surface area contributed by atoms with Gasteiger partial charge in [0.25, 0.3) is 11.8 Å². The maximum absolute atomic E-state index is 12.7. The molecule has 2 aromatic rings. The Bertz CT molecular complexity index is 1060. The van der Waals surface area contributed by atoms with Gasteiger partial charge in [-0.2, -0.15) is 0 Å². The Morgan fingerprint density at radius 1 is 1.17 bits per heavy atom. The van der Waals surface area contributed by atoms with Crippen molar-refractivity contribution in [2.75, 3.05) is 32.8 Å². The Hall–Kier alpha value is -3.46. The van der Waals surface area contributed by atoms with Gasteiger partial charge in [-0.3, -0.25) is 24.6 Å². The van der Waals surface area contributed by atoms with Gasteiger partial charge in [-0.05, 0) is 19.1 Å². The van der Waals surface area contributed by atoms with E-state index in [1.165, 1.54) is 6.08 Å². The standard InChI is InChI=1S/C21H22N4O5/c1-2-25-20(28)16(19(27)22-21(25)29)11-14-12-24(17-6-4-3-5-15(14)17)13-18(26)23-7-9-30-10-8-23/h3-6,11-12H,2,7-10,13H2,1H3,(H,22,27,29)/b16-11+. The SMILES string of the molecule is CCN1C(=O)NC(=O)/C(=C\c2cn(CC(=O)N3CCOCC3)c3ccccc23)C1=O. The molecule has 3 heterocycles. The first-order valence-corrected chi connectivity index (χ1v) is 9.82. The number of ether oxygens (including phenoxy) is 1. The molecule has 1 aromatic heterocycles. The van der Waals surface area contributed by atoms with Crippen molar-refractivity contribution in [1.82, 2.24) is 19.7 Å². The monoisotopic (exact) mass is 410 g/mol. The maximum atomic E-state index is 12.7. The van der Waals surface area contributed by atoms with E-state index in [9.17, 15) is 19.2 Å². The zero-order valence-corrected chi connectivity index (χ0v) is 16.6. The second-order valence-corrected chi connectivity index (χ2v) is 7.09. The average molecular weight is 410 g/mol. The van der Waals surface area contributed by atoms with Crippen LogP contribution in [0.15, 0.2) is 36.0 Å². The van der Waals surface area contributed by atoms with Crippen LogP contribution in [-0.2, 0) is 25.7 Å². The Morgan fingerprint density at radius 2 is 1.90 bits per heavy atom. The first-order valence-electron chi connectivity index (χ1n) is 9.82. The summed E-state index contributed by atoms with van der Waals surface area (Å²) in [6.07, 6.45) is 3.23. The minimum Gasteiger partial charge on any atom is -0.378 e. The van der Waals surface area contributed by atoms with Crippen LogP contribution in [-0.4, -0.2) is 71.0 Å². The maximum Gasteiger partial charge on any atom is 0.331 e. The lowest BCUT2D eigenvalue weighted by atomic mass is 10.1. The summed E-state index contributed by atoms with van der Waals surface area (Å²) in [6, 6.07) is 6.75. The number of rotatable bonds is 4. The molecular weight excluding hydrogens is 388 g/mol. The van der Waals surface area contributed by atoms with Crippen LogP contribution in [0.4, 0.5) is 4.79 Å². The molecule has 156 valence electrons. The average Bonchev–Trinajstić information content (AvgIpc) is 3.09. The lowest BCUT2D eigenvalue weighted by Gasteiger charge is -2.27. The van der Waals surface area contributed by atoms with Crippen LogP contribution in [0.3, 0.4) is 0 Å². The fraction of sp³-hybridized carbons (Fsp3) is 0.333. The molecule has 0 spiro atoms. The zero-order chi connectivity index (χ0) is 21.3. The van der Waals surface area contributed by atoms with Gasteiger partial charge >= 0.3 is 6.03 Å². The molecule has 2 fully saturated rings. The Morgan fingerprint density at radius 3 is 2.63 bits per heavy atom. The van der Waals surface area contributed by atoms with E-state index in [2.05, 4.69) is 5.32 Å². The number of nitrogens with zero attached hydrogens (tertiary/aromatic N) is 3. The molecule has 0 aliphatic carbocycles. The van der Waals surface area contributed by atoms with E-state index in [4.69, 9.17) is 4.74 Å². The number of carbonyl (C=O) groups is 4. The molecule has 5 amide bonds. The van der Waals surface area contributed by atoms with Gasteiger partial charge in [0.1, 0.15) is 12.1 Å². The number of hydrogen-bond acceptors (Lipinski definition) is 5. The number of hydrogen-bond donors (Lipinski definition) is 1. The van der Waals surface area contributed by atoms with Crippen LogP contribution in [0, 0.1) is 0 Å². The first-order chi connectivity index (χ1) is 14.5. The van der Waals surface area contributed by atoms with E-state index in [0.717, 1.165) is 15.8 Å². The van der Waals surface area contributed by atoms with E-state index < -0.39 is 17.8 Å². The van der Waals surface area contributed by atoms with E-state index in [1.807, 2.05) is 28.8 Å². The molecule has 1 aromatic carbocycles. The molecule has 4 rings (SSSR count). The van der Waals surface area contributed by atoms with Crippen molar-refractivity contribution in [3.63, 3.8) is 0 Å². The van der Waals surface area contributed by atoms with Crippen molar-refractivity contribution in [3.8, 4) is 0 Å². The summed E-state index contributed by atoms with van der Waals surface area (Å²) in [5.74, 6) is -1.38. The number of urea groups is 1. The van der Waals surface area contributed by atoms with Crippen molar-refractivity contribution in [2.24, 2.45) is 0 Å². The second-order valence-electron chi connectivity index (χ2n) is 7.09. The van der Waals surface area contributed by atoms with E-state index in [1.54, 1.807) is 18.0 Å². The number of likely N-dealkylation sites (N-methyl/N-ethyl adjacent to an activating group) is 1. The van der Waals surface area contributed by atoms with E-state index in [0.29, 0.717) is 31.9 Å². The van der Waals surface area contributed by atoms with Crippen LogP contribution in [0.5, 0.6) is 0 Å². The molecule has 0 unspecified atom stereocenters. The molecule has 2 aliphatic rings. The third kappa shape index (κ3) is 3.59. The first kappa shape index (κ1) is 19.8. The van der Waals surface area contributed by atoms with Gasteiger partial charge in [0.15, 0.2) is 0 Å². The van der Waals surface area contributed by atoms with Gasteiger partial charge < -0.3 is 14.2 Å². The highest BCUT2D eigenvalue weighted by Crippen LogP contribution is 2.25. The number of benzene rings is 1. The van der Waals surface area contributed by atoms with Crippen LogP contribution in [0.1, 0.15) is 12.5 Å². The zero-order valence-electron chi connectivity index (χ0n) is 16.6.